The van der Waals surface area contributed by atoms with Crippen molar-refractivity contribution in [2.45, 2.75) is 40.5 Å². The normalized spacial score (nSPS) is 10.8. The number of anilines is 1. The van der Waals surface area contributed by atoms with Gasteiger partial charge in [-0.3, -0.25) is 4.57 Å². The molecule has 0 aromatic carbocycles. The van der Waals surface area contributed by atoms with Crippen LogP contribution in [0, 0.1) is 20.8 Å². The molecular formula is C13H20N6. The van der Waals surface area contributed by atoms with Gasteiger partial charge in [0.1, 0.15) is 23.8 Å². The highest BCUT2D eigenvalue weighted by atomic mass is 15.3. The minimum Gasteiger partial charge on any atom is -0.308 e. The Bertz CT molecular complexity index is 587. The van der Waals surface area contributed by atoms with E-state index in [4.69, 9.17) is 5.84 Å². The smallest absolute Gasteiger partial charge is 0.148 e. The van der Waals surface area contributed by atoms with Crippen molar-refractivity contribution in [3.8, 4) is 5.82 Å². The number of nitrogen functional groups attached to an aromatic ring is 1. The van der Waals surface area contributed by atoms with Gasteiger partial charge >= 0.3 is 0 Å². The zero-order chi connectivity index (χ0) is 14.0. The fourth-order valence-corrected chi connectivity index (χ4v) is 1.97. The van der Waals surface area contributed by atoms with Gasteiger partial charge in [-0.2, -0.15) is 0 Å². The molecule has 2 aromatic rings. The third-order valence-electron chi connectivity index (χ3n) is 3.26. The molecule has 2 rings (SSSR count). The second kappa shape index (κ2) is 5.36. The van der Waals surface area contributed by atoms with E-state index in [1.165, 1.54) is 0 Å². The van der Waals surface area contributed by atoms with Crippen LogP contribution in [0.1, 0.15) is 36.1 Å². The summed E-state index contributed by atoms with van der Waals surface area (Å²) < 4.78 is 1.98. The first kappa shape index (κ1) is 13.5. The van der Waals surface area contributed by atoms with Gasteiger partial charge in [0.2, 0.25) is 0 Å². The molecule has 0 saturated carbocycles. The Kier molecular flexibility index (Phi) is 3.80. The number of hydrogen-bond acceptors (Lipinski definition) is 5. The summed E-state index contributed by atoms with van der Waals surface area (Å²) >= 11 is 0. The Morgan fingerprint density at radius 2 is 2.00 bits per heavy atom. The second-order valence-electron chi connectivity index (χ2n) is 4.62. The molecule has 2 heterocycles. The highest BCUT2D eigenvalue weighted by Crippen LogP contribution is 2.21. The molecule has 0 aliphatic rings. The zero-order valence-electron chi connectivity index (χ0n) is 11.9. The van der Waals surface area contributed by atoms with Crippen LogP contribution in [0.15, 0.2) is 6.33 Å². The largest absolute Gasteiger partial charge is 0.308 e. The molecule has 0 amide bonds. The monoisotopic (exact) mass is 260 g/mol. The van der Waals surface area contributed by atoms with E-state index in [0.29, 0.717) is 5.82 Å². The van der Waals surface area contributed by atoms with Crippen LogP contribution in [0.5, 0.6) is 0 Å². The summed E-state index contributed by atoms with van der Waals surface area (Å²) in [6.07, 6.45) is 3.61. The summed E-state index contributed by atoms with van der Waals surface area (Å²) in [5, 5.41) is 0. The zero-order valence-corrected chi connectivity index (χ0v) is 11.9. The van der Waals surface area contributed by atoms with E-state index in [9.17, 15) is 0 Å². The van der Waals surface area contributed by atoms with Crippen LogP contribution in [0.25, 0.3) is 5.82 Å². The standard InChI is InChI=1S/C13H20N6/c1-5-6-11-16-12(18-14)8(2)13(17-11)19-7-15-9(3)10(19)4/h7H,5-6,14H2,1-4H3,(H,16,17,18). The summed E-state index contributed by atoms with van der Waals surface area (Å²) in [4.78, 5) is 13.4. The molecule has 0 unspecified atom stereocenters. The Balaban J connectivity index is 2.61. The lowest BCUT2D eigenvalue weighted by Crippen LogP contribution is -2.15. The maximum Gasteiger partial charge on any atom is 0.148 e. The second-order valence-corrected chi connectivity index (χ2v) is 4.62. The quantitative estimate of drug-likeness (QED) is 0.647. The Morgan fingerprint density at radius 1 is 1.26 bits per heavy atom. The first-order valence-corrected chi connectivity index (χ1v) is 6.43. The number of hydrogen-bond donors (Lipinski definition) is 2. The van der Waals surface area contributed by atoms with Crippen molar-refractivity contribution in [3.05, 3.63) is 29.1 Å². The van der Waals surface area contributed by atoms with Gasteiger partial charge in [-0.05, 0) is 27.2 Å². The molecular weight excluding hydrogens is 240 g/mol. The van der Waals surface area contributed by atoms with Crippen molar-refractivity contribution in [2.75, 3.05) is 5.43 Å². The summed E-state index contributed by atoms with van der Waals surface area (Å²) in [7, 11) is 0. The van der Waals surface area contributed by atoms with E-state index in [1.807, 2.05) is 25.3 Å². The molecule has 6 heteroatoms. The van der Waals surface area contributed by atoms with Crippen molar-refractivity contribution in [1.29, 1.82) is 0 Å². The lowest BCUT2D eigenvalue weighted by Gasteiger charge is -2.13. The van der Waals surface area contributed by atoms with Crippen molar-refractivity contribution >= 4 is 5.82 Å². The predicted octanol–water partition coefficient (Wildman–Crippen LogP) is 1.83. The van der Waals surface area contributed by atoms with Gasteiger partial charge in [-0.15, -0.1) is 0 Å². The summed E-state index contributed by atoms with van der Waals surface area (Å²) in [6, 6.07) is 0. The molecule has 19 heavy (non-hydrogen) atoms. The maximum atomic E-state index is 5.54. The number of imidazole rings is 1. The molecule has 0 spiro atoms. The average molecular weight is 260 g/mol. The van der Waals surface area contributed by atoms with Crippen molar-refractivity contribution < 1.29 is 0 Å². The molecule has 0 aliphatic carbocycles. The SMILES string of the molecule is CCCc1nc(NN)c(C)c(-n2cnc(C)c2C)n1. The molecule has 0 aliphatic heterocycles. The first-order chi connectivity index (χ1) is 9.08. The third kappa shape index (κ3) is 2.44. The highest BCUT2D eigenvalue weighted by molar-refractivity contribution is 5.51. The van der Waals surface area contributed by atoms with Gasteiger partial charge in [-0.1, -0.05) is 6.92 Å². The number of nitrogens with one attached hydrogen (secondary N) is 1. The molecule has 3 N–H and O–H groups in total. The van der Waals surface area contributed by atoms with Crippen LogP contribution in [0.4, 0.5) is 5.82 Å². The van der Waals surface area contributed by atoms with Crippen molar-refractivity contribution in [1.82, 2.24) is 19.5 Å². The predicted molar refractivity (Wildman–Crippen MR) is 75.2 cm³/mol. The third-order valence-corrected chi connectivity index (χ3v) is 3.26. The number of nitrogens with zero attached hydrogens (tertiary/aromatic N) is 4. The molecule has 0 fully saturated rings. The number of rotatable bonds is 4. The number of nitrogens with two attached hydrogens (primary N) is 1. The number of aryl methyl sites for hydroxylation is 2. The molecule has 0 atom stereocenters. The van der Waals surface area contributed by atoms with Crippen LogP contribution < -0.4 is 11.3 Å². The van der Waals surface area contributed by atoms with Crippen LogP contribution in [-0.2, 0) is 6.42 Å². The molecule has 0 bridgehead atoms. The van der Waals surface area contributed by atoms with Crippen molar-refractivity contribution in [3.63, 3.8) is 0 Å². The summed E-state index contributed by atoms with van der Waals surface area (Å²) in [5.41, 5.74) is 5.64. The molecule has 102 valence electrons. The number of hydrazine groups is 1. The minimum atomic E-state index is 0.666. The van der Waals surface area contributed by atoms with E-state index in [0.717, 1.165) is 41.4 Å². The fourth-order valence-electron chi connectivity index (χ4n) is 1.97. The van der Waals surface area contributed by atoms with Gasteiger partial charge in [0.15, 0.2) is 0 Å². The van der Waals surface area contributed by atoms with Crippen LogP contribution in [-0.4, -0.2) is 19.5 Å². The van der Waals surface area contributed by atoms with Crippen molar-refractivity contribution in [2.24, 2.45) is 5.84 Å². The van der Waals surface area contributed by atoms with Gasteiger partial charge in [0, 0.05) is 17.7 Å². The van der Waals surface area contributed by atoms with E-state index in [-0.39, 0.29) is 0 Å². The summed E-state index contributed by atoms with van der Waals surface area (Å²) in [5.74, 6) is 7.84. The van der Waals surface area contributed by atoms with E-state index < -0.39 is 0 Å². The lowest BCUT2D eigenvalue weighted by atomic mass is 10.2. The minimum absolute atomic E-state index is 0.666. The van der Waals surface area contributed by atoms with E-state index >= 15 is 0 Å². The molecule has 6 nitrogen and oxygen atoms in total. The Hall–Kier alpha value is -1.95. The van der Waals surface area contributed by atoms with Gasteiger partial charge in [-0.25, -0.2) is 20.8 Å². The molecule has 0 saturated heterocycles. The van der Waals surface area contributed by atoms with Gasteiger partial charge in [0.05, 0.1) is 5.69 Å². The average Bonchev–Trinajstić information content (AvgIpc) is 2.72. The Labute approximate surface area is 113 Å². The number of aromatic nitrogens is 4. The maximum absolute atomic E-state index is 5.54. The van der Waals surface area contributed by atoms with Crippen LogP contribution in [0.2, 0.25) is 0 Å². The van der Waals surface area contributed by atoms with E-state index in [1.54, 1.807) is 6.33 Å². The van der Waals surface area contributed by atoms with Gasteiger partial charge < -0.3 is 5.43 Å². The Morgan fingerprint density at radius 3 is 2.53 bits per heavy atom. The highest BCUT2D eigenvalue weighted by Gasteiger charge is 2.14. The van der Waals surface area contributed by atoms with E-state index in [2.05, 4.69) is 27.3 Å². The van der Waals surface area contributed by atoms with Crippen LogP contribution >= 0.6 is 0 Å². The molecule has 2 aromatic heterocycles. The topological polar surface area (TPSA) is 81.6 Å². The fraction of sp³-hybridized carbons (Fsp3) is 0.462. The molecule has 0 radical (unpaired) electrons. The first-order valence-electron chi connectivity index (χ1n) is 6.43. The van der Waals surface area contributed by atoms with Crippen LogP contribution in [0.3, 0.4) is 0 Å². The van der Waals surface area contributed by atoms with Gasteiger partial charge in [0.25, 0.3) is 0 Å². The lowest BCUT2D eigenvalue weighted by molar-refractivity contribution is 0.806. The summed E-state index contributed by atoms with van der Waals surface area (Å²) in [6.45, 7) is 8.07.